The van der Waals surface area contributed by atoms with Gasteiger partial charge in [-0.2, -0.15) is 5.06 Å². The Morgan fingerprint density at radius 1 is 0.606 bits per heavy atom. The maximum absolute atomic E-state index is 6.06. The maximum atomic E-state index is 6.06. The monoisotopic (exact) mass is 513 g/mol. The second-order valence-electron chi connectivity index (χ2n) is 7.86. The molecular formula is C24H53NO6P2. The highest BCUT2D eigenvalue weighted by molar-refractivity contribution is 7.38. The van der Waals surface area contributed by atoms with E-state index in [4.69, 9.17) is 28.5 Å². The zero-order valence-electron chi connectivity index (χ0n) is 22.1. The summed E-state index contributed by atoms with van der Waals surface area (Å²) in [7, 11) is 3.33. The van der Waals surface area contributed by atoms with E-state index in [0.29, 0.717) is 6.61 Å². The van der Waals surface area contributed by atoms with Gasteiger partial charge in [0, 0.05) is 65.6 Å². The molecular weight excluding hydrogens is 460 g/mol. The molecule has 0 heterocycles. The van der Waals surface area contributed by atoms with Crippen LogP contribution in [0.15, 0.2) is 0 Å². The molecule has 7 nitrogen and oxygen atoms in total. The van der Waals surface area contributed by atoms with Gasteiger partial charge in [0.25, 0.3) is 0 Å². The molecule has 9 heteroatoms. The maximum Gasteiger partial charge on any atom is 0.161 e. The molecule has 2 unspecified atom stereocenters. The van der Waals surface area contributed by atoms with Crippen LogP contribution >= 0.6 is 17.2 Å². The van der Waals surface area contributed by atoms with E-state index in [1.807, 2.05) is 0 Å². The van der Waals surface area contributed by atoms with Crippen LogP contribution in [0.3, 0.4) is 0 Å². The molecule has 2 atom stereocenters. The van der Waals surface area contributed by atoms with Crippen LogP contribution in [0.5, 0.6) is 0 Å². The first-order valence-electron chi connectivity index (χ1n) is 13.0. The SMILES string of the molecule is CCCOC(CPCCN(CCPCC(OCCC)OCCC)OCCCOC)OCCC. The van der Waals surface area contributed by atoms with Gasteiger partial charge in [-0.1, -0.05) is 27.7 Å². The first-order chi connectivity index (χ1) is 16.2. The summed E-state index contributed by atoms with van der Waals surface area (Å²) in [6, 6.07) is 0. The zero-order valence-corrected chi connectivity index (χ0v) is 24.1. The molecule has 0 saturated heterocycles. The molecule has 0 aromatic rings. The molecule has 0 aliphatic carbocycles. The number of hydroxylamine groups is 2. The molecule has 0 bridgehead atoms. The summed E-state index contributed by atoms with van der Waals surface area (Å²) >= 11 is 0. The molecule has 0 saturated carbocycles. The quantitative estimate of drug-likeness (QED) is 0.0665. The van der Waals surface area contributed by atoms with Gasteiger partial charge in [0.05, 0.1) is 6.61 Å². The van der Waals surface area contributed by atoms with E-state index in [2.05, 4.69) is 32.8 Å². The summed E-state index contributed by atoms with van der Waals surface area (Å²) in [4.78, 5) is 6.06. The number of rotatable bonds is 27. The van der Waals surface area contributed by atoms with Gasteiger partial charge in [-0.3, -0.25) is 4.84 Å². The Kier molecular flexibility index (Phi) is 27.6. The predicted octanol–water partition coefficient (Wildman–Crippen LogP) is 4.97. The lowest BCUT2D eigenvalue weighted by Gasteiger charge is -2.23. The minimum atomic E-state index is -0.0658. The van der Waals surface area contributed by atoms with Crippen molar-refractivity contribution in [2.75, 3.05) is 84.5 Å². The normalized spacial score (nSPS) is 12.7. The predicted molar refractivity (Wildman–Crippen MR) is 143 cm³/mol. The van der Waals surface area contributed by atoms with E-state index >= 15 is 0 Å². The molecule has 200 valence electrons. The number of nitrogens with zero attached hydrogens (tertiary/aromatic N) is 1. The van der Waals surface area contributed by atoms with Crippen LogP contribution in [0, 0.1) is 0 Å². The fourth-order valence-corrected chi connectivity index (χ4v) is 4.98. The Morgan fingerprint density at radius 3 is 1.39 bits per heavy atom. The van der Waals surface area contributed by atoms with Crippen LogP contribution in [0.2, 0.25) is 0 Å². The smallest absolute Gasteiger partial charge is 0.161 e. The fourth-order valence-electron chi connectivity index (χ4n) is 2.81. The van der Waals surface area contributed by atoms with E-state index in [-0.39, 0.29) is 12.6 Å². The molecule has 0 N–H and O–H groups in total. The van der Waals surface area contributed by atoms with Crippen LogP contribution in [0.25, 0.3) is 0 Å². The van der Waals surface area contributed by atoms with Gasteiger partial charge >= 0.3 is 0 Å². The second kappa shape index (κ2) is 27.2. The van der Waals surface area contributed by atoms with Crippen molar-refractivity contribution in [2.45, 2.75) is 72.4 Å². The Hall–Kier alpha value is 0.580. The largest absolute Gasteiger partial charge is 0.385 e. The zero-order chi connectivity index (χ0) is 24.4. The average molecular weight is 514 g/mol. The summed E-state index contributed by atoms with van der Waals surface area (Å²) in [5.41, 5.74) is 0. The fraction of sp³-hybridized carbons (Fsp3) is 1.00. The van der Waals surface area contributed by atoms with Gasteiger partial charge in [0.1, 0.15) is 0 Å². The number of hydrogen-bond donors (Lipinski definition) is 0. The molecule has 0 rings (SSSR count). The Balaban J connectivity index is 4.33. The highest BCUT2D eigenvalue weighted by Crippen LogP contribution is 2.18. The van der Waals surface area contributed by atoms with Gasteiger partial charge < -0.3 is 23.7 Å². The molecule has 0 aliphatic heterocycles. The van der Waals surface area contributed by atoms with Gasteiger partial charge in [0.2, 0.25) is 0 Å². The van der Waals surface area contributed by atoms with Crippen LogP contribution in [-0.4, -0.2) is 102 Å². The number of hydrogen-bond acceptors (Lipinski definition) is 7. The van der Waals surface area contributed by atoms with E-state index in [1.165, 1.54) is 0 Å². The summed E-state index contributed by atoms with van der Waals surface area (Å²) in [6.07, 6.45) is 8.97. The summed E-state index contributed by atoms with van der Waals surface area (Å²) in [5.74, 6) is 0. The highest BCUT2D eigenvalue weighted by atomic mass is 31.1. The molecule has 0 amide bonds. The number of methoxy groups -OCH3 is 1. The second-order valence-corrected chi connectivity index (χ2v) is 10.7. The van der Waals surface area contributed by atoms with Crippen molar-refractivity contribution < 1.29 is 28.5 Å². The van der Waals surface area contributed by atoms with Crippen molar-refractivity contribution in [3.63, 3.8) is 0 Å². The van der Waals surface area contributed by atoms with Crippen molar-refractivity contribution in [3.05, 3.63) is 0 Å². The minimum Gasteiger partial charge on any atom is -0.385 e. The van der Waals surface area contributed by atoms with Crippen LogP contribution in [0.4, 0.5) is 0 Å². The molecule has 0 aromatic carbocycles. The van der Waals surface area contributed by atoms with Crippen molar-refractivity contribution in [3.8, 4) is 0 Å². The lowest BCUT2D eigenvalue weighted by atomic mass is 10.5. The average Bonchev–Trinajstić information content (AvgIpc) is 2.83. The van der Waals surface area contributed by atoms with Gasteiger partial charge in [-0.25, -0.2) is 0 Å². The van der Waals surface area contributed by atoms with Crippen LogP contribution in [0.1, 0.15) is 59.8 Å². The van der Waals surface area contributed by atoms with E-state index in [1.54, 1.807) is 7.11 Å². The number of ether oxygens (including phenoxy) is 5. The third kappa shape index (κ3) is 22.8. The van der Waals surface area contributed by atoms with E-state index in [9.17, 15) is 0 Å². The van der Waals surface area contributed by atoms with Crippen molar-refractivity contribution >= 4 is 17.2 Å². The van der Waals surface area contributed by atoms with Gasteiger partial charge in [-0.15, -0.1) is 17.2 Å². The van der Waals surface area contributed by atoms with Crippen LogP contribution < -0.4 is 0 Å². The van der Waals surface area contributed by atoms with Crippen molar-refractivity contribution in [2.24, 2.45) is 0 Å². The molecule has 0 radical (unpaired) electrons. The highest BCUT2D eigenvalue weighted by Gasteiger charge is 2.12. The standard InChI is InChI=1S/C24H53NO6P2/c1-6-13-27-23(28-14-7-2)21-32-19-11-25(31-18-10-17-26-5)12-20-33-22-24(29-15-8-3)30-16-9-4/h23-24,32-33H,6-22H2,1-5H3. The third-order valence-corrected chi connectivity index (χ3v) is 6.89. The molecule has 0 fully saturated rings. The Labute approximate surface area is 207 Å². The first kappa shape index (κ1) is 33.6. The Morgan fingerprint density at radius 2 is 1.03 bits per heavy atom. The molecule has 33 heavy (non-hydrogen) atoms. The van der Waals surface area contributed by atoms with Gasteiger partial charge in [0.15, 0.2) is 12.6 Å². The van der Waals surface area contributed by atoms with Crippen molar-refractivity contribution in [1.82, 2.24) is 5.06 Å². The minimum absolute atomic E-state index is 0.0658. The van der Waals surface area contributed by atoms with E-state index < -0.39 is 0 Å². The molecule has 0 aromatic heterocycles. The van der Waals surface area contributed by atoms with E-state index in [0.717, 1.165) is 120 Å². The topological polar surface area (TPSA) is 58.6 Å². The summed E-state index contributed by atoms with van der Waals surface area (Å²) < 4.78 is 28.6. The Bertz CT molecular complexity index is 341. The summed E-state index contributed by atoms with van der Waals surface area (Å²) in [6.45, 7) is 14.9. The molecule has 0 aliphatic rings. The lowest BCUT2D eigenvalue weighted by Crippen LogP contribution is -2.30. The first-order valence-corrected chi connectivity index (χ1v) is 15.8. The van der Waals surface area contributed by atoms with Gasteiger partial charge in [-0.05, 0) is 44.4 Å². The lowest BCUT2D eigenvalue weighted by molar-refractivity contribution is -0.154. The molecule has 0 spiro atoms. The van der Waals surface area contributed by atoms with Crippen LogP contribution in [-0.2, 0) is 28.5 Å². The van der Waals surface area contributed by atoms with Crippen molar-refractivity contribution in [1.29, 1.82) is 0 Å². The summed E-state index contributed by atoms with van der Waals surface area (Å²) in [5, 5.41) is 2.14. The third-order valence-electron chi connectivity index (χ3n) is 4.50.